The second kappa shape index (κ2) is 4.52. The zero-order valence-corrected chi connectivity index (χ0v) is 11.1. The molecule has 0 saturated carbocycles. The fourth-order valence-corrected chi connectivity index (χ4v) is 1.36. The number of rotatable bonds is 4. The van der Waals surface area contributed by atoms with Crippen LogP contribution < -0.4 is 8.97 Å². The van der Waals surface area contributed by atoms with E-state index in [1.54, 1.807) is 40.3 Å². The van der Waals surface area contributed by atoms with E-state index in [0.717, 1.165) is 12.8 Å². The van der Waals surface area contributed by atoms with Crippen molar-refractivity contribution in [3.05, 3.63) is 17.2 Å². The lowest BCUT2D eigenvalue weighted by molar-refractivity contribution is -0.115. The first-order valence-corrected chi connectivity index (χ1v) is 5.39. The maximum Gasteiger partial charge on any atom is 0.307 e. The molecule has 0 aliphatic heterocycles. The molecule has 0 aliphatic carbocycles. The van der Waals surface area contributed by atoms with Crippen molar-refractivity contribution < 1.29 is 9.59 Å². The van der Waals surface area contributed by atoms with Crippen molar-refractivity contribution in [3.63, 3.8) is 0 Å². The van der Waals surface area contributed by atoms with Crippen LogP contribution in [0.4, 0.5) is 11.6 Å². The second-order valence-corrected chi connectivity index (χ2v) is 5.23. The molecule has 5 nitrogen and oxygen atoms in total. The highest BCUT2D eigenvalue weighted by atomic mass is 35.5. The van der Waals surface area contributed by atoms with E-state index in [0.29, 0.717) is 16.7 Å². The van der Waals surface area contributed by atoms with Gasteiger partial charge in [-0.05, 0) is 0 Å². The molecule has 92 valence electrons. The summed E-state index contributed by atoms with van der Waals surface area (Å²) in [6, 6.07) is 3.23. The Morgan fingerprint density at radius 3 is 1.65 bits per heavy atom. The molecule has 0 N–H and O–H groups in total. The smallest absolute Gasteiger partial charge is 0.233 e. The number of carbonyl (C=O) groups excluding carboxylic acids is 2. The van der Waals surface area contributed by atoms with E-state index in [2.05, 4.69) is 4.98 Å². The Hall–Kier alpha value is -1.30. The molecule has 6 heteroatoms. The van der Waals surface area contributed by atoms with Crippen molar-refractivity contribution in [2.75, 3.05) is 28.2 Å². The summed E-state index contributed by atoms with van der Waals surface area (Å²) in [6.45, 7) is 0. The van der Waals surface area contributed by atoms with E-state index in [4.69, 9.17) is 11.6 Å². The quantitative estimate of drug-likeness (QED) is 0.601. The zero-order chi connectivity index (χ0) is 13.3. The molecule has 1 aromatic heterocycles. The summed E-state index contributed by atoms with van der Waals surface area (Å²) in [7, 11) is 6.76. The molecule has 0 atom stereocenters. The number of carbonyl (C=O) groups is 2. The molecule has 0 aromatic carbocycles. The summed E-state index contributed by atoms with van der Waals surface area (Å²) in [5, 5.41) is 0.450. The fraction of sp³-hybridized carbons (Fsp3) is 0.364. The molecule has 0 bridgehead atoms. The van der Waals surface area contributed by atoms with E-state index in [1.807, 2.05) is 0 Å². The minimum atomic E-state index is -0.0492. The van der Waals surface area contributed by atoms with Crippen LogP contribution in [0.1, 0.15) is 0 Å². The Bertz CT molecular complexity index is 420. The van der Waals surface area contributed by atoms with Gasteiger partial charge < -0.3 is 0 Å². The molecule has 0 unspecified atom stereocenters. The van der Waals surface area contributed by atoms with Crippen LogP contribution in [0.25, 0.3) is 0 Å². The van der Waals surface area contributed by atoms with Crippen LogP contribution >= 0.6 is 11.6 Å². The first-order valence-electron chi connectivity index (χ1n) is 5.01. The van der Waals surface area contributed by atoms with E-state index in [-0.39, 0.29) is 8.97 Å². The maximum atomic E-state index is 11.0. The molecule has 0 aliphatic rings. The number of quaternary nitrogens is 2. The number of nitrogens with zero attached hydrogens (tertiary/aromatic N) is 3. The van der Waals surface area contributed by atoms with Gasteiger partial charge in [0.2, 0.25) is 11.6 Å². The Morgan fingerprint density at radius 2 is 1.35 bits per heavy atom. The highest BCUT2D eigenvalue weighted by molar-refractivity contribution is 6.31. The molecule has 1 aromatic rings. The van der Waals surface area contributed by atoms with Crippen LogP contribution in [0.3, 0.4) is 0 Å². The fourth-order valence-electron chi connectivity index (χ4n) is 1.17. The van der Waals surface area contributed by atoms with Gasteiger partial charge in [0.05, 0.1) is 33.2 Å². The summed E-state index contributed by atoms with van der Waals surface area (Å²) in [5.74, 6) is 0.992. The number of amides is 2. The van der Waals surface area contributed by atoms with Gasteiger partial charge in [-0.1, -0.05) is 11.6 Å². The van der Waals surface area contributed by atoms with E-state index >= 15 is 0 Å². The lowest BCUT2D eigenvalue weighted by Gasteiger charge is -2.23. The standard InChI is InChI=1S/C11H16ClN3O2/c1-14(2,7-16)10-5-9(12)6-11(13-10)15(3,4)8-17/h5-8H,1-4H3/q+2. The lowest BCUT2D eigenvalue weighted by atomic mass is 10.3. The minimum Gasteiger partial charge on any atom is -0.233 e. The number of hydrogen-bond donors (Lipinski definition) is 0. The van der Waals surface area contributed by atoms with Gasteiger partial charge >= 0.3 is 12.8 Å². The third-order valence-corrected chi connectivity index (χ3v) is 2.69. The first-order chi connectivity index (χ1) is 7.73. The number of aromatic nitrogens is 1. The summed E-state index contributed by atoms with van der Waals surface area (Å²) in [5.41, 5.74) is 0. The highest BCUT2D eigenvalue weighted by Crippen LogP contribution is 2.26. The van der Waals surface area contributed by atoms with Gasteiger partial charge in [0.25, 0.3) is 0 Å². The summed E-state index contributed by atoms with van der Waals surface area (Å²) in [6.07, 6.45) is 1.51. The third-order valence-electron chi connectivity index (χ3n) is 2.47. The maximum absolute atomic E-state index is 11.0. The number of halogens is 1. The molecule has 0 spiro atoms. The van der Waals surface area contributed by atoms with Gasteiger partial charge in [-0.3, -0.25) is 0 Å². The van der Waals surface area contributed by atoms with Crippen LogP contribution in [0, 0.1) is 0 Å². The predicted octanol–water partition coefficient (Wildman–Crippen LogP) is 1.18. The Kier molecular flexibility index (Phi) is 3.66. The number of pyridine rings is 1. The SMILES string of the molecule is C[N+](C)(C=O)c1cc(Cl)cc([N+](C)(C)C=O)n1. The van der Waals surface area contributed by atoms with Gasteiger partial charge in [0, 0.05) is 12.1 Å². The van der Waals surface area contributed by atoms with Crippen molar-refractivity contribution in [2.24, 2.45) is 0 Å². The highest BCUT2D eigenvalue weighted by Gasteiger charge is 2.27. The lowest BCUT2D eigenvalue weighted by Crippen LogP contribution is -2.42. The van der Waals surface area contributed by atoms with Crippen LogP contribution in [-0.2, 0) is 9.59 Å². The molecule has 2 amide bonds. The van der Waals surface area contributed by atoms with Gasteiger partial charge in [-0.25, -0.2) is 18.6 Å². The summed E-state index contributed by atoms with van der Waals surface area (Å²) < 4.78 is -0.0984. The molecule has 1 rings (SSSR count). The van der Waals surface area contributed by atoms with E-state index in [1.165, 1.54) is 0 Å². The molecular weight excluding hydrogens is 242 g/mol. The molecule has 0 saturated heterocycles. The largest absolute Gasteiger partial charge is 0.307 e. The second-order valence-electron chi connectivity index (χ2n) is 4.79. The third kappa shape index (κ3) is 2.88. The summed E-state index contributed by atoms with van der Waals surface area (Å²) in [4.78, 5) is 26.3. The van der Waals surface area contributed by atoms with Crippen molar-refractivity contribution >= 4 is 36.1 Å². The molecule has 17 heavy (non-hydrogen) atoms. The average molecular weight is 258 g/mol. The van der Waals surface area contributed by atoms with Gasteiger partial charge in [-0.15, -0.1) is 4.98 Å². The van der Waals surface area contributed by atoms with E-state index in [9.17, 15) is 9.59 Å². The minimum absolute atomic E-state index is 0.0492. The van der Waals surface area contributed by atoms with Crippen LogP contribution in [0.15, 0.2) is 12.1 Å². The van der Waals surface area contributed by atoms with Gasteiger partial charge in [-0.2, -0.15) is 0 Å². The van der Waals surface area contributed by atoms with Crippen molar-refractivity contribution in [3.8, 4) is 0 Å². The predicted molar refractivity (Wildman–Crippen MR) is 68.7 cm³/mol. The van der Waals surface area contributed by atoms with Crippen molar-refractivity contribution in [1.29, 1.82) is 0 Å². The Labute approximate surface area is 105 Å². The normalized spacial score (nSPS) is 12.3. The van der Waals surface area contributed by atoms with Gasteiger partial charge in [0.1, 0.15) is 0 Å². The van der Waals surface area contributed by atoms with Crippen molar-refractivity contribution in [2.45, 2.75) is 0 Å². The first kappa shape index (κ1) is 13.8. The molecular formula is C11H16ClN3O2+2. The Balaban J connectivity index is 3.39. The van der Waals surface area contributed by atoms with Crippen LogP contribution in [0.5, 0.6) is 0 Å². The van der Waals surface area contributed by atoms with Gasteiger partial charge in [0.15, 0.2) is 0 Å². The topological polar surface area (TPSA) is 47.0 Å². The van der Waals surface area contributed by atoms with Crippen LogP contribution in [0.2, 0.25) is 5.02 Å². The average Bonchev–Trinajstić information content (AvgIpc) is 2.28. The number of hydrogen-bond acceptors (Lipinski definition) is 3. The Morgan fingerprint density at radius 1 is 1.00 bits per heavy atom. The zero-order valence-electron chi connectivity index (χ0n) is 10.3. The molecule has 0 fully saturated rings. The molecule has 1 heterocycles. The van der Waals surface area contributed by atoms with Crippen molar-refractivity contribution in [1.82, 2.24) is 14.0 Å². The monoisotopic (exact) mass is 257 g/mol. The van der Waals surface area contributed by atoms with Crippen LogP contribution in [-0.4, -0.2) is 46.0 Å². The van der Waals surface area contributed by atoms with E-state index < -0.39 is 0 Å². The molecule has 0 radical (unpaired) electrons. The summed E-state index contributed by atoms with van der Waals surface area (Å²) >= 11 is 5.98.